The summed E-state index contributed by atoms with van der Waals surface area (Å²) < 4.78 is 23.3. The molecule has 0 aliphatic heterocycles. The molecule has 0 fully saturated rings. The molecule has 154 valence electrons. The Hall–Kier alpha value is -3.59. The number of hydrogen-bond donors (Lipinski definition) is 0. The maximum atomic E-state index is 13.2. The van der Waals surface area contributed by atoms with Crippen LogP contribution in [0.3, 0.4) is 0 Å². The highest BCUT2D eigenvalue weighted by molar-refractivity contribution is 7.15. The van der Waals surface area contributed by atoms with Crippen LogP contribution in [0.15, 0.2) is 41.2 Å². The Bertz CT molecular complexity index is 1330. The first kappa shape index (κ1) is 19.7. The number of methoxy groups -OCH3 is 4. The van der Waals surface area contributed by atoms with Crippen molar-refractivity contribution >= 4 is 22.4 Å². The summed E-state index contributed by atoms with van der Waals surface area (Å²) in [6.45, 7) is 0. The van der Waals surface area contributed by atoms with Gasteiger partial charge in [-0.05, 0) is 42.5 Å². The van der Waals surface area contributed by atoms with Gasteiger partial charge in [0.2, 0.25) is 4.96 Å². The molecule has 4 rings (SSSR count). The Morgan fingerprint density at radius 1 is 0.867 bits per heavy atom. The molecule has 2 heterocycles. The number of ether oxygens (including phenoxy) is 4. The number of fused-ring (bicyclic) bond motifs is 1. The van der Waals surface area contributed by atoms with Crippen LogP contribution in [0.4, 0.5) is 0 Å². The lowest BCUT2D eigenvalue weighted by atomic mass is 10.2. The summed E-state index contributed by atoms with van der Waals surface area (Å²) in [5.74, 6) is 2.88. The van der Waals surface area contributed by atoms with Crippen LogP contribution in [0.2, 0.25) is 0 Å². The third-order valence-corrected chi connectivity index (χ3v) is 5.57. The van der Waals surface area contributed by atoms with Crippen LogP contribution in [-0.2, 0) is 0 Å². The van der Waals surface area contributed by atoms with Crippen molar-refractivity contribution in [3.05, 3.63) is 56.8 Å². The first-order valence-corrected chi connectivity index (χ1v) is 9.75. The van der Waals surface area contributed by atoms with Crippen LogP contribution in [0, 0.1) is 0 Å². The zero-order valence-corrected chi connectivity index (χ0v) is 17.6. The van der Waals surface area contributed by atoms with E-state index in [-0.39, 0.29) is 5.56 Å². The number of thiazole rings is 1. The molecule has 2 aromatic heterocycles. The highest BCUT2D eigenvalue weighted by Crippen LogP contribution is 2.31. The van der Waals surface area contributed by atoms with E-state index in [1.807, 2.05) is 12.1 Å². The Balaban J connectivity index is 1.88. The van der Waals surface area contributed by atoms with Crippen molar-refractivity contribution in [2.45, 2.75) is 0 Å². The second-order valence-electron chi connectivity index (χ2n) is 6.24. The van der Waals surface area contributed by atoms with Crippen LogP contribution in [0.25, 0.3) is 22.4 Å². The molecule has 2 aromatic carbocycles. The summed E-state index contributed by atoms with van der Waals surface area (Å²) in [6.07, 6.45) is 1.77. The fraction of sp³-hybridized carbons (Fsp3) is 0.190. The topological polar surface area (TPSA) is 84.2 Å². The first-order chi connectivity index (χ1) is 14.6. The average molecular weight is 425 g/mol. The minimum atomic E-state index is -0.213. The predicted molar refractivity (Wildman–Crippen MR) is 114 cm³/mol. The Labute approximate surface area is 175 Å². The summed E-state index contributed by atoms with van der Waals surface area (Å²) in [4.78, 5) is 13.7. The molecular formula is C21H19N3O5S. The van der Waals surface area contributed by atoms with Crippen molar-refractivity contribution in [1.29, 1.82) is 0 Å². The van der Waals surface area contributed by atoms with Crippen molar-refractivity contribution in [2.75, 3.05) is 28.4 Å². The van der Waals surface area contributed by atoms with Crippen LogP contribution < -0.4 is 29.0 Å². The van der Waals surface area contributed by atoms with Gasteiger partial charge in [-0.3, -0.25) is 4.79 Å². The van der Waals surface area contributed by atoms with E-state index in [0.717, 1.165) is 5.56 Å². The van der Waals surface area contributed by atoms with Gasteiger partial charge in [0, 0.05) is 11.1 Å². The smallest absolute Gasteiger partial charge is 0.276 e. The number of aromatic nitrogens is 3. The van der Waals surface area contributed by atoms with Gasteiger partial charge in [-0.1, -0.05) is 11.3 Å². The van der Waals surface area contributed by atoms with Gasteiger partial charge in [0.25, 0.3) is 5.56 Å². The quantitative estimate of drug-likeness (QED) is 0.469. The minimum Gasteiger partial charge on any atom is -0.497 e. The van der Waals surface area contributed by atoms with E-state index in [2.05, 4.69) is 10.2 Å². The molecule has 0 radical (unpaired) electrons. The van der Waals surface area contributed by atoms with E-state index in [9.17, 15) is 4.79 Å². The predicted octanol–water partition coefficient (Wildman–Crippen LogP) is 2.40. The monoisotopic (exact) mass is 425 g/mol. The van der Waals surface area contributed by atoms with Crippen molar-refractivity contribution < 1.29 is 18.9 Å². The van der Waals surface area contributed by atoms with Gasteiger partial charge >= 0.3 is 0 Å². The number of rotatable bonds is 6. The second kappa shape index (κ2) is 8.03. The molecule has 8 nitrogen and oxygen atoms in total. The lowest BCUT2D eigenvalue weighted by Crippen LogP contribution is -2.23. The molecule has 0 N–H and O–H groups in total. The Morgan fingerprint density at radius 3 is 2.30 bits per heavy atom. The normalized spacial score (nSPS) is 11.7. The fourth-order valence-corrected chi connectivity index (χ4v) is 4.02. The lowest BCUT2D eigenvalue weighted by molar-refractivity contribution is 0.355. The highest BCUT2D eigenvalue weighted by atomic mass is 32.1. The van der Waals surface area contributed by atoms with Gasteiger partial charge in [-0.25, -0.2) is 4.40 Å². The Kier molecular flexibility index (Phi) is 5.28. The molecule has 4 aromatic rings. The molecule has 30 heavy (non-hydrogen) atoms. The summed E-state index contributed by atoms with van der Waals surface area (Å²) in [5, 5.41) is 8.37. The van der Waals surface area contributed by atoms with Gasteiger partial charge in [0.1, 0.15) is 11.5 Å². The van der Waals surface area contributed by atoms with Crippen LogP contribution in [0.1, 0.15) is 5.56 Å². The van der Waals surface area contributed by atoms with Crippen molar-refractivity contribution in [2.24, 2.45) is 0 Å². The maximum absolute atomic E-state index is 13.2. The van der Waals surface area contributed by atoms with Crippen LogP contribution >= 0.6 is 11.3 Å². The lowest BCUT2D eigenvalue weighted by Gasteiger charge is -2.08. The molecule has 0 aliphatic rings. The minimum absolute atomic E-state index is 0.213. The summed E-state index contributed by atoms with van der Waals surface area (Å²) in [6, 6.07) is 10.7. The van der Waals surface area contributed by atoms with Crippen molar-refractivity contribution in [1.82, 2.24) is 14.6 Å². The van der Waals surface area contributed by atoms with E-state index in [4.69, 9.17) is 18.9 Å². The molecule has 0 bridgehead atoms. The molecule has 9 heteroatoms. The first-order valence-electron chi connectivity index (χ1n) is 8.93. The van der Waals surface area contributed by atoms with Crippen molar-refractivity contribution in [3.63, 3.8) is 0 Å². The number of hydrogen-bond acceptors (Lipinski definition) is 8. The zero-order valence-electron chi connectivity index (χ0n) is 16.8. The van der Waals surface area contributed by atoms with E-state index in [1.165, 1.54) is 15.7 Å². The number of benzene rings is 2. The van der Waals surface area contributed by atoms with Gasteiger partial charge in [-0.2, -0.15) is 0 Å². The average Bonchev–Trinajstić information content (AvgIpc) is 3.33. The van der Waals surface area contributed by atoms with E-state index < -0.39 is 0 Å². The second-order valence-corrected chi connectivity index (χ2v) is 7.24. The SMILES string of the molecule is COc1ccc(OC)c(/C=c2\sc3nnc(-c4ccc(OC)c(OC)c4)n3c2=O)c1. The maximum Gasteiger partial charge on any atom is 0.276 e. The van der Waals surface area contributed by atoms with Gasteiger partial charge in [0.05, 0.1) is 33.0 Å². The van der Waals surface area contributed by atoms with E-state index >= 15 is 0 Å². The third-order valence-electron chi connectivity index (χ3n) is 4.61. The molecular weight excluding hydrogens is 406 g/mol. The standard InChI is InChI=1S/C21H19N3O5S/c1-26-14-6-8-15(27-2)13(9-14)11-18-20(25)24-19(22-23-21(24)30-18)12-5-7-16(28-3)17(10-12)29-4/h5-11H,1-4H3/b18-11-. The molecule has 0 amide bonds. The van der Waals surface area contributed by atoms with Crippen LogP contribution in [0.5, 0.6) is 23.0 Å². The molecule has 0 saturated heterocycles. The zero-order chi connectivity index (χ0) is 21.3. The van der Waals surface area contributed by atoms with Gasteiger partial charge in [-0.15, -0.1) is 10.2 Å². The molecule has 0 atom stereocenters. The number of nitrogens with zero attached hydrogens (tertiary/aromatic N) is 3. The molecule has 0 spiro atoms. The molecule has 0 unspecified atom stereocenters. The highest BCUT2D eigenvalue weighted by Gasteiger charge is 2.16. The third kappa shape index (κ3) is 3.33. The largest absolute Gasteiger partial charge is 0.497 e. The van der Waals surface area contributed by atoms with Gasteiger partial charge < -0.3 is 18.9 Å². The molecule has 0 aliphatic carbocycles. The summed E-state index contributed by atoms with van der Waals surface area (Å²) in [7, 11) is 6.29. The Morgan fingerprint density at radius 2 is 1.60 bits per heavy atom. The van der Waals surface area contributed by atoms with E-state index in [1.54, 1.807) is 58.8 Å². The molecule has 0 saturated carbocycles. The van der Waals surface area contributed by atoms with Crippen molar-refractivity contribution in [3.8, 4) is 34.4 Å². The van der Waals surface area contributed by atoms with Crippen LogP contribution in [-0.4, -0.2) is 43.0 Å². The van der Waals surface area contributed by atoms with E-state index in [0.29, 0.717) is 43.9 Å². The summed E-state index contributed by atoms with van der Waals surface area (Å²) in [5.41, 5.74) is 1.22. The van der Waals surface area contributed by atoms with Gasteiger partial charge in [0.15, 0.2) is 17.3 Å². The fourth-order valence-electron chi connectivity index (χ4n) is 3.12. The summed E-state index contributed by atoms with van der Waals surface area (Å²) >= 11 is 1.25.